The van der Waals surface area contributed by atoms with Crippen molar-refractivity contribution < 1.29 is 18.0 Å². The van der Waals surface area contributed by atoms with Gasteiger partial charge in [-0.1, -0.05) is 18.2 Å². The average Bonchev–Trinajstić information content (AvgIpc) is 3.05. The third-order valence-corrected chi connectivity index (χ3v) is 4.06. The van der Waals surface area contributed by atoms with E-state index in [1.54, 1.807) is 0 Å². The molecule has 0 aliphatic rings. The van der Waals surface area contributed by atoms with E-state index in [1.807, 2.05) is 32.0 Å². The lowest BCUT2D eigenvalue weighted by molar-refractivity contribution is -0.116. The topological polar surface area (TPSA) is 55.1 Å². The molecule has 0 aliphatic heterocycles. The van der Waals surface area contributed by atoms with Crippen molar-refractivity contribution in [1.82, 2.24) is 4.98 Å². The van der Waals surface area contributed by atoms with Gasteiger partial charge in [0.2, 0.25) is 5.91 Å². The summed E-state index contributed by atoms with van der Waals surface area (Å²) in [6.07, 6.45) is 1.83. The summed E-state index contributed by atoms with van der Waals surface area (Å²) in [5, 5.41) is 2.89. The quantitative estimate of drug-likeness (QED) is 0.714. The van der Waals surface area contributed by atoms with Crippen molar-refractivity contribution in [1.29, 1.82) is 0 Å². The third-order valence-electron chi connectivity index (χ3n) is 4.06. The lowest BCUT2D eigenvalue weighted by Gasteiger charge is -2.10. The zero-order valence-electron chi connectivity index (χ0n) is 14.5. The first kappa shape index (κ1) is 17.8. The van der Waals surface area contributed by atoms with E-state index in [0.29, 0.717) is 5.89 Å². The molecule has 0 aliphatic carbocycles. The van der Waals surface area contributed by atoms with Crippen molar-refractivity contribution in [2.75, 3.05) is 5.32 Å². The molecule has 1 N–H and O–H groups in total. The summed E-state index contributed by atoms with van der Waals surface area (Å²) in [6.45, 7) is 3.86. The summed E-state index contributed by atoms with van der Waals surface area (Å²) in [4.78, 5) is 16.2. The number of hydrogen-bond acceptors (Lipinski definition) is 3. The van der Waals surface area contributed by atoms with E-state index in [9.17, 15) is 13.6 Å². The molecule has 0 bridgehead atoms. The van der Waals surface area contributed by atoms with Crippen LogP contribution in [0.1, 0.15) is 23.4 Å². The van der Waals surface area contributed by atoms with Crippen LogP contribution in [0, 0.1) is 25.5 Å². The smallest absolute Gasteiger partial charge is 0.224 e. The number of anilines is 1. The van der Waals surface area contributed by atoms with Crippen LogP contribution in [-0.4, -0.2) is 10.9 Å². The summed E-state index contributed by atoms with van der Waals surface area (Å²) in [7, 11) is 0. The van der Waals surface area contributed by atoms with E-state index in [4.69, 9.17) is 4.42 Å². The van der Waals surface area contributed by atoms with Gasteiger partial charge in [0, 0.05) is 24.6 Å². The minimum atomic E-state index is -0.722. The Morgan fingerprint density at radius 3 is 2.58 bits per heavy atom. The van der Waals surface area contributed by atoms with Crippen molar-refractivity contribution in [3.63, 3.8) is 0 Å². The summed E-state index contributed by atoms with van der Waals surface area (Å²) in [6, 6.07) is 9.03. The second kappa shape index (κ2) is 7.47. The maximum absolute atomic E-state index is 13.8. The lowest BCUT2D eigenvalue weighted by atomic mass is 10.1. The van der Waals surface area contributed by atoms with Gasteiger partial charge in [0.25, 0.3) is 0 Å². The second-order valence-corrected chi connectivity index (χ2v) is 6.06. The lowest BCUT2D eigenvalue weighted by Crippen LogP contribution is -2.14. The van der Waals surface area contributed by atoms with Crippen molar-refractivity contribution in [3.8, 4) is 11.3 Å². The maximum atomic E-state index is 13.8. The second-order valence-electron chi connectivity index (χ2n) is 6.06. The minimum Gasteiger partial charge on any atom is -0.441 e. The Labute approximate surface area is 149 Å². The zero-order chi connectivity index (χ0) is 18.7. The van der Waals surface area contributed by atoms with Gasteiger partial charge < -0.3 is 9.73 Å². The molecule has 0 saturated carbocycles. The fourth-order valence-electron chi connectivity index (χ4n) is 2.67. The monoisotopic (exact) mass is 356 g/mol. The highest BCUT2D eigenvalue weighted by Crippen LogP contribution is 2.25. The number of benzene rings is 2. The molecule has 2 aromatic carbocycles. The van der Waals surface area contributed by atoms with Gasteiger partial charge in [-0.05, 0) is 37.1 Å². The third kappa shape index (κ3) is 3.96. The first-order chi connectivity index (χ1) is 12.4. The maximum Gasteiger partial charge on any atom is 0.224 e. The number of amides is 1. The molecule has 3 aromatic rings. The number of rotatable bonds is 5. The molecule has 0 radical (unpaired) electrons. The molecule has 4 nitrogen and oxygen atoms in total. The van der Waals surface area contributed by atoms with E-state index >= 15 is 0 Å². The largest absolute Gasteiger partial charge is 0.441 e. The number of oxazole rings is 1. The molecular formula is C20H18F2N2O2. The van der Waals surface area contributed by atoms with Crippen LogP contribution in [0.2, 0.25) is 0 Å². The number of carbonyl (C=O) groups is 1. The first-order valence-corrected chi connectivity index (χ1v) is 8.20. The van der Waals surface area contributed by atoms with Gasteiger partial charge in [0.1, 0.15) is 11.6 Å². The normalized spacial score (nSPS) is 10.8. The number of hydrogen-bond donors (Lipinski definition) is 1. The average molecular weight is 356 g/mol. The Hall–Kier alpha value is -3.02. The number of nitrogens with one attached hydrogen (secondary N) is 1. The van der Waals surface area contributed by atoms with Crippen LogP contribution in [0.4, 0.5) is 14.5 Å². The zero-order valence-corrected chi connectivity index (χ0v) is 14.5. The molecule has 3 rings (SSSR count). The fourth-order valence-corrected chi connectivity index (χ4v) is 2.67. The molecule has 6 heteroatoms. The summed E-state index contributed by atoms with van der Waals surface area (Å²) >= 11 is 0. The molecule has 26 heavy (non-hydrogen) atoms. The highest BCUT2D eigenvalue weighted by atomic mass is 19.1. The van der Waals surface area contributed by atoms with Crippen LogP contribution in [-0.2, 0) is 11.2 Å². The Morgan fingerprint density at radius 2 is 1.88 bits per heavy atom. The Morgan fingerprint density at radius 1 is 1.15 bits per heavy atom. The highest BCUT2D eigenvalue weighted by molar-refractivity contribution is 5.92. The van der Waals surface area contributed by atoms with Gasteiger partial charge in [-0.25, -0.2) is 13.8 Å². The van der Waals surface area contributed by atoms with E-state index in [0.717, 1.165) is 28.9 Å². The van der Waals surface area contributed by atoms with E-state index in [2.05, 4.69) is 10.3 Å². The summed E-state index contributed by atoms with van der Waals surface area (Å²) in [5.74, 6) is -1.02. The van der Waals surface area contributed by atoms with Crippen LogP contribution in [0.3, 0.4) is 0 Å². The Balaban J connectivity index is 1.64. The van der Waals surface area contributed by atoms with Crippen LogP contribution in [0.25, 0.3) is 11.3 Å². The predicted octanol–water partition coefficient (Wildman–Crippen LogP) is 4.81. The molecular weight excluding hydrogens is 338 g/mol. The Kier molecular flexibility index (Phi) is 5.11. The molecule has 1 aromatic heterocycles. The van der Waals surface area contributed by atoms with Crippen LogP contribution in [0.5, 0.6) is 0 Å². The number of nitrogens with zero attached hydrogens (tertiary/aromatic N) is 1. The van der Waals surface area contributed by atoms with E-state index < -0.39 is 11.6 Å². The number of halogens is 2. The van der Waals surface area contributed by atoms with E-state index in [-0.39, 0.29) is 30.1 Å². The van der Waals surface area contributed by atoms with Crippen LogP contribution in [0.15, 0.2) is 47.0 Å². The fraction of sp³-hybridized carbons (Fsp3) is 0.200. The van der Waals surface area contributed by atoms with Gasteiger partial charge in [0.05, 0.1) is 11.8 Å². The standard InChI is InChI=1S/C20H18F2N2O2/c1-12-4-3-5-13(2)20(12)24-18(25)8-9-19-23-11-17(26-19)15-7-6-14(21)10-16(15)22/h3-7,10-11H,8-9H2,1-2H3,(H,24,25). The first-order valence-electron chi connectivity index (χ1n) is 8.20. The number of carbonyl (C=O) groups excluding carboxylic acids is 1. The van der Waals surface area contributed by atoms with Gasteiger partial charge in [-0.2, -0.15) is 0 Å². The van der Waals surface area contributed by atoms with E-state index in [1.165, 1.54) is 12.3 Å². The number of aromatic nitrogens is 1. The van der Waals surface area contributed by atoms with Gasteiger partial charge in [0.15, 0.2) is 11.7 Å². The molecule has 0 spiro atoms. The molecule has 0 saturated heterocycles. The predicted molar refractivity (Wildman–Crippen MR) is 94.7 cm³/mol. The SMILES string of the molecule is Cc1cccc(C)c1NC(=O)CCc1ncc(-c2ccc(F)cc2F)o1. The Bertz CT molecular complexity index is 930. The van der Waals surface area contributed by atoms with Gasteiger partial charge in [-0.15, -0.1) is 0 Å². The van der Waals surface area contributed by atoms with Crippen molar-refractivity contribution in [2.45, 2.75) is 26.7 Å². The molecule has 1 heterocycles. The molecule has 0 atom stereocenters. The van der Waals surface area contributed by atoms with Crippen LogP contribution < -0.4 is 5.32 Å². The molecule has 134 valence electrons. The van der Waals surface area contributed by atoms with Crippen molar-refractivity contribution in [3.05, 3.63) is 71.2 Å². The highest BCUT2D eigenvalue weighted by Gasteiger charge is 2.13. The molecule has 0 fully saturated rings. The summed E-state index contributed by atoms with van der Waals surface area (Å²) < 4.78 is 32.3. The van der Waals surface area contributed by atoms with Gasteiger partial charge >= 0.3 is 0 Å². The van der Waals surface area contributed by atoms with Crippen molar-refractivity contribution >= 4 is 11.6 Å². The number of aryl methyl sites for hydroxylation is 3. The van der Waals surface area contributed by atoms with Crippen LogP contribution >= 0.6 is 0 Å². The molecule has 1 amide bonds. The van der Waals surface area contributed by atoms with Gasteiger partial charge in [-0.3, -0.25) is 4.79 Å². The summed E-state index contributed by atoms with van der Waals surface area (Å²) in [5.41, 5.74) is 2.91. The minimum absolute atomic E-state index is 0.130. The van der Waals surface area contributed by atoms with Crippen molar-refractivity contribution in [2.24, 2.45) is 0 Å². The number of para-hydroxylation sites is 1. The molecule has 0 unspecified atom stereocenters.